The molecule has 0 radical (unpaired) electrons. The molecular formula is C20H32N2O5S2. The number of nitrogens with zero attached hydrogens (tertiary/aromatic N) is 2. The second-order valence-corrected chi connectivity index (χ2v) is 12.3. The molecule has 1 unspecified atom stereocenters. The van der Waals surface area contributed by atoms with E-state index in [1.54, 1.807) is 12.1 Å². The zero-order chi connectivity index (χ0) is 21.1. The van der Waals surface area contributed by atoms with Crippen LogP contribution in [0, 0.1) is 0 Å². The number of morpholine rings is 1. The summed E-state index contributed by atoms with van der Waals surface area (Å²) < 4.78 is 57.6. The van der Waals surface area contributed by atoms with E-state index >= 15 is 0 Å². The van der Waals surface area contributed by atoms with Gasteiger partial charge in [-0.2, -0.15) is 4.31 Å². The first-order valence-electron chi connectivity index (χ1n) is 10.3. The van der Waals surface area contributed by atoms with Gasteiger partial charge in [-0.05, 0) is 43.0 Å². The fourth-order valence-corrected chi connectivity index (χ4v) is 7.45. The summed E-state index contributed by atoms with van der Waals surface area (Å²) in [5.41, 5.74) is 1.08. The first kappa shape index (κ1) is 22.7. The van der Waals surface area contributed by atoms with Gasteiger partial charge in [0.2, 0.25) is 10.0 Å². The lowest BCUT2D eigenvalue weighted by Crippen LogP contribution is -2.43. The molecule has 0 saturated carbocycles. The van der Waals surface area contributed by atoms with Crippen LogP contribution in [0.5, 0.6) is 0 Å². The SMILES string of the molecule is CC(C)c1ccc(S(=O)(=O)N(CCCN2CCOCC2)C2CCS(=O)(=O)C2)cc1. The van der Waals surface area contributed by atoms with Gasteiger partial charge in [0.25, 0.3) is 0 Å². The molecule has 1 atom stereocenters. The lowest BCUT2D eigenvalue weighted by atomic mass is 10.0. The van der Waals surface area contributed by atoms with Crippen molar-refractivity contribution < 1.29 is 21.6 Å². The molecule has 7 nitrogen and oxygen atoms in total. The molecule has 0 aliphatic carbocycles. The Hall–Kier alpha value is -1.00. The van der Waals surface area contributed by atoms with Crippen molar-refractivity contribution in [3.63, 3.8) is 0 Å². The fraction of sp³-hybridized carbons (Fsp3) is 0.700. The Balaban J connectivity index is 1.77. The fourth-order valence-electron chi connectivity index (χ4n) is 3.94. The van der Waals surface area contributed by atoms with E-state index in [0.29, 0.717) is 38.5 Å². The first-order valence-corrected chi connectivity index (χ1v) is 13.6. The van der Waals surface area contributed by atoms with Crippen LogP contribution in [0.15, 0.2) is 29.2 Å². The molecule has 1 aromatic carbocycles. The van der Waals surface area contributed by atoms with Gasteiger partial charge in [-0.1, -0.05) is 26.0 Å². The normalized spacial score (nSPS) is 23.1. The molecule has 1 aromatic rings. The molecule has 29 heavy (non-hydrogen) atoms. The van der Waals surface area contributed by atoms with E-state index < -0.39 is 25.9 Å². The molecule has 0 amide bonds. The van der Waals surface area contributed by atoms with Crippen molar-refractivity contribution in [2.45, 2.75) is 43.5 Å². The average Bonchev–Trinajstić information content (AvgIpc) is 3.05. The lowest BCUT2D eigenvalue weighted by molar-refractivity contribution is 0.0367. The minimum atomic E-state index is -3.75. The largest absolute Gasteiger partial charge is 0.379 e. The Morgan fingerprint density at radius 2 is 1.83 bits per heavy atom. The molecule has 2 aliphatic heterocycles. The monoisotopic (exact) mass is 444 g/mol. The van der Waals surface area contributed by atoms with Crippen LogP contribution in [-0.2, 0) is 24.6 Å². The molecular weight excluding hydrogens is 412 g/mol. The van der Waals surface area contributed by atoms with E-state index in [9.17, 15) is 16.8 Å². The quantitative estimate of drug-likeness (QED) is 0.607. The summed E-state index contributed by atoms with van der Waals surface area (Å²) in [6.45, 7) is 8.32. The molecule has 0 N–H and O–H groups in total. The highest BCUT2D eigenvalue weighted by atomic mass is 32.2. The Morgan fingerprint density at radius 1 is 1.17 bits per heavy atom. The predicted octanol–water partition coefficient (Wildman–Crippen LogP) is 1.71. The third kappa shape index (κ3) is 5.79. The minimum Gasteiger partial charge on any atom is -0.379 e. The highest BCUT2D eigenvalue weighted by molar-refractivity contribution is 7.92. The molecule has 2 heterocycles. The van der Waals surface area contributed by atoms with Crippen molar-refractivity contribution in [3.8, 4) is 0 Å². The maximum atomic E-state index is 13.4. The second kappa shape index (κ2) is 9.43. The van der Waals surface area contributed by atoms with Crippen molar-refractivity contribution in [1.82, 2.24) is 9.21 Å². The summed E-state index contributed by atoms with van der Waals surface area (Å²) in [6.07, 6.45) is 1.03. The van der Waals surface area contributed by atoms with E-state index in [2.05, 4.69) is 18.7 Å². The molecule has 2 saturated heterocycles. The summed E-state index contributed by atoms with van der Waals surface area (Å²) in [4.78, 5) is 2.49. The molecule has 164 valence electrons. The zero-order valence-electron chi connectivity index (χ0n) is 17.3. The lowest BCUT2D eigenvalue weighted by Gasteiger charge is -2.30. The third-order valence-corrected chi connectivity index (χ3v) is 9.44. The van der Waals surface area contributed by atoms with Crippen LogP contribution in [0.3, 0.4) is 0 Å². The number of sulfone groups is 1. The van der Waals surface area contributed by atoms with Crippen molar-refractivity contribution in [2.75, 3.05) is 50.9 Å². The number of benzene rings is 1. The predicted molar refractivity (Wildman–Crippen MR) is 113 cm³/mol. The van der Waals surface area contributed by atoms with Gasteiger partial charge < -0.3 is 4.74 Å². The Labute approximate surface area is 175 Å². The molecule has 0 spiro atoms. The van der Waals surface area contributed by atoms with Crippen molar-refractivity contribution in [3.05, 3.63) is 29.8 Å². The van der Waals surface area contributed by atoms with Crippen LogP contribution in [-0.4, -0.2) is 83.0 Å². The molecule has 0 bridgehead atoms. The van der Waals surface area contributed by atoms with Gasteiger partial charge in [0.05, 0.1) is 29.6 Å². The Bertz CT molecular complexity index is 876. The van der Waals surface area contributed by atoms with Crippen LogP contribution < -0.4 is 0 Å². The van der Waals surface area contributed by atoms with Crippen LogP contribution >= 0.6 is 0 Å². The minimum absolute atomic E-state index is 0.0550. The second-order valence-electron chi connectivity index (χ2n) is 8.20. The van der Waals surface area contributed by atoms with Gasteiger partial charge in [-0.25, -0.2) is 16.8 Å². The molecule has 0 aromatic heterocycles. The van der Waals surface area contributed by atoms with Crippen molar-refractivity contribution in [2.24, 2.45) is 0 Å². The third-order valence-electron chi connectivity index (χ3n) is 5.73. The topological polar surface area (TPSA) is 84.0 Å². The average molecular weight is 445 g/mol. The summed E-state index contributed by atoms with van der Waals surface area (Å²) >= 11 is 0. The van der Waals surface area contributed by atoms with Gasteiger partial charge in [0, 0.05) is 25.7 Å². The van der Waals surface area contributed by atoms with E-state index in [0.717, 1.165) is 25.2 Å². The Morgan fingerprint density at radius 3 is 2.38 bits per heavy atom. The van der Waals surface area contributed by atoms with Crippen molar-refractivity contribution in [1.29, 1.82) is 0 Å². The molecule has 2 fully saturated rings. The summed E-state index contributed by atoms with van der Waals surface area (Å²) in [5.74, 6) is 0.282. The highest BCUT2D eigenvalue weighted by Crippen LogP contribution is 2.26. The van der Waals surface area contributed by atoms with E-state index in [-0.39, 0.29) is 16.4 Å². The molecule has 2 aliphatic rings. The van der Waals surface area contributed by atoms with Gasteiger partial charge in [-0.15, -0.1) is 0 Å². The summed E-state index contributed by atoms with van der Waals surface area (Å²) in [7, 11) is -6.93. The van der Waals surface area contributed by atoms with Crippen LogP contribution in [0.1, 0.15) is 38.2 Å². The molecule has 3 rings (SSSR count). The van der Waals surface area contributed by atoms with E-state index in [1.807, 2.05) is 12.1 Å². The molecule has 9 heteroatoms. The van der Waals surface area contributed by atoms with Crippen LogP contribution in [0.4, 0.5) is 0 Å². The van der Waals surface area contributed by atoms with Gasteiger partial charge in [0.15, 0.2) is 9.84 Å². The van der Waals surface area contributed by atoms with Gasteiger partial charge in [0.1, 0.15) is 0 Å². The van der Waals surface area contributed by atoms with Gasteiger partial charge in [-0.3, -0.25) is 4.90 Å². The number of hydrogen-bond acceptors (Lipinski definition) is 6. The maximum absolute atomic E-state index is 13.4. The van der Waals surface area contributed by atoms with Crippen LogP contribution in [0.2, 0.25) is 0 Å². The maximum Gasteiger partial charge on any atom is 0.243 e. The zero-order valence-corrected chi connectivity index (χ0v) is 18.9. The highest BCUT2D eigenvalue weighted by Gasteiger charge is 2.38. The Kier molecular flexibility index (Phi) is 7.37. The first-order chi connectivity index (χ1) is 13.7. The number of rotatable bonds is 8. The number of ether oxygens (including phenoxy) is 1. The number of hydrogen-bond donors (Lipinski definition) is 0. The summed E-state index contributed by atoms with van der Waals surface area (Å²) in [5, 5.41) is 0. The summed E-state index contributed by atoms with van der Waals surface area (Å²) in [6, 6.07) is 6.48. The van der Waals surface area contributed by atoms with E-state index in [4.69, 9.17) is 4.74 Å². The van der Waals surface area contributed by atoms with Crippen LogP contribution in [0.25, 0.3) is 0 Å². The van der Waals surface area contributed by atoms with E-state index in [1.165, 1.54) is 4.31 Å². The number of sulfonamides is 1. The van der Waals surface area contributed by atoms with Crippen molar-refractivity contribution >= 4 is 19.9 Å². The smallest absolute Gasteiger partial charge is 0.243 e. The van der Waals surface area contributed by atoms with Gasteiger partial charge >= 0.3 is 0 Å². The standard InChI is InChI=1S/C20H32N2O5S2/c1-17(2)18-4-6-20(7-5-18)29(25,26)22(19-8-15-28(23,24)16-19)10-3-9-21-11-13-27-14-12-21/h4-7,17,19H,3,8-16H2,1-2H3.